The monoisotopic (exact) mass is 343 g/mol. The van der Waals surface area contributed by atoms with Crippen LogP contribution in [-0.2, 0) is 4.79 Å². The van der Waals surface area contributed by atoms with Crippen LogP contribution < -0.4 is 10.2 Å². The number of amides is 1. The van der Waals surface area contributed by atoms with Gasteiger partial charge >= 0.3 is 0 Å². The summed E-state index contributed by atoms with van der Waals surface area (Å²) in [6.45, 7) is 4.08. The Hall–Kier alpha value is -2.41. The average Bonchev–Trinajstić information content (AvgIpc) is 3.27. The summed E-state index contributed by atoms with van der Waals surface area (Å²) in [5.41, 5.74) is 0. The molecule has 25 heavy (non-hydrogen) atoms. The first-order valence-electron chi connectivity index (χ1n) is 8.69. The highest BCUT2D eigenvalue weighted by atomic mass is 16.3. The van der Waals surface area contributed by atoms with Crippen LogP contribution in [0.1, 0.15) is 31.6 Å². The molecule has 2 unspecified atom stereocenters. The topological polar surface area (TPSA) is 74.5 Å². The maximum Gasteiger partial charge on any atom is 0.234 e. The fourth-order valence-electron chi connectivity index (χ4n) is 3.34. The molecule has 3 heterocycles. The number of carbonyl (C=O) groups excluding carboxylic acids is 1. The number of hydrogen-bond donors (Lipinski definition) is 1. The van der Waals surface area contributed by atoms with Crippen molar-refractivity contribution in [2.45, 2.75) is 31.8 Å². The lowest BCUT2D eigenvalue weighted by Gasteiger charge is -2.29. The number of anilines is 1. The molecule has 7 heteroatoms. The van der Waals surface area contributed by atoms with Crippen LogP contribution in [0.25, 0.3) is 0 Å². The van der Waals surface area contributed by atoms with Crippen molar-refractivity contribution in [3.8, 4) is 0 Å². The van der Waals surface area contributed by atoms with Gasteiger partial charge in [0.25, 0.3) is 0 Å². The van der Waals surface area contributed by atoms with E-state index >= 15 is 0 Å². The van der Waals surface area contributed by atoms with Gasteiger partial charge in [-0.05, 0) is 51.1 Å². The van der Waals surface area contributed by atoms with Crippen molar-refractivity contribution < 1.29 is 9.21 Å². The minimum absolute atomic E-state index is 0.00421. The van der Waals surface area contributed by atoms with Gasteiger partial charge < -0.3 is 14.6 Å². The molecule has 0 bridgehead atoms. The van der Waals surface area contributed by atoms with E-state index < -0.39 is 0 Å². The van der Waals surface area contributed by atoms with Crippen molar-refractivity contribution >= 4 is 11.7 Å². The molecule has 0 aliphatic carbocycles. The largest absolute Gasteiger partial charge is 0.467 e. The van der Waals surface area contributed by atoms with Gasteiger partial charge in [0.2, 0.25) is 5.91 Å². The first-order chi connectivity index (χ1) is 12.1. The molecule has 1 amide bonds. The van der Waals surface area contributed by atoms with E-state index in [4.69, 9.17) is 4.42 Å². The van der Waals surface area contributed by atoms with Crippen molar-refractivity contribution in [1.29, 1.82) is 0 Å². The van der Waals surface area contributed by atoms with Gasteiger partial charge in [-0.2, -0.15) is 5.10 Å². The standard InChI is InChI=1S/C18H25N5O2/c1-14(16-7-5-11-25-16)20-18(24)13-22(2)12-15-6-4-10-23(15)17-8-3-9-19-21-17/h3,5,7-9,11,14-15H,4,6,10,12-13H2,1-2H3,(H,20,24). The predicted molar refractivity (Wildman–Crippen MR) is 95.2 cm³/mol. The van der Waals surface area contributed by atoms with E-state index in [-0.39, 0.29) is 11.9 Å². The fourth-order valence-corrected chi connectivity index (χ4v) is 3.34. The minimum atomic E-state index is -0.126. The second-order valence-electron chi connectivity index (χ2n) is 6.57. The molecule has 0 saturated carbocycles. The van der Waals surface area contributed by atoms with Crippen LogP contribution in [0.4, 0.5) is 5.82 Å². The third-order valence-corrected chi connectivity index (χ3v) is 4.51. The summed E-state index contributed by atoms with van der Waals surface area (Å²) in [6, 6.07) is 7.82. The lowest BCUT2D eigenvalue weighted by atomic mass is 10.2. The molecule has 7 nitrogen and oxygen atoms in total. The highest BCUT2D eigenvalue weighted by Crippen LogP contribution is 2.23. The van der Waals surface area contributed by atoms with Crippen LogP contribution >= 0.6 is 0 Å². The summed E-state index contributed by atoms with van der Waals surface area (Å²) in [5, 5.41) is 11.2. The quantitative estimate of drug-likeness (QED) is 0.827. The molecule has 3 rings (SSSR count). The van der Waals surface area contributed by atoms with Gasteiger partial charge in [-0.3, -0.25) is 9.69 Å². The van der Waals surface area contributed by atoms with Crippen molar-refractivity contribution in [3.05, 3.63) is 42.5 Å². The molecular weight excluding hydrogens is 318 g/mol. The number of likely N-dealkylation sites (N-methyl/N-ethyl adjacent to an activating group) is 1. The lowest BCUT2D eigenvalue weighted by Crippen LogP contribution is -2.43. The molecule has 0 radical (unpaired) electrons. The molecule has 1 N–H and O–H groups in total. The number of furan rings is 1. The Bertz CT molecular complexity index is 661. The van der Waals surface area contributed by atoms with Gasteiger partial charge in [0, 0.05) is 25.3 Å². The second-order valence-corrected chi connectivity index (χ2v) is 6.57. The lowest BCUT2D eigenvalue weighted by molar-refractivity contribution is -0.122. The van der Waals surface area contributed by atoms with Crippen LogP contribution in [-0.4, -0.2) is 53.7 Å². The molecule has 1 fully saturated rings. The Morgan fingerprint density at radius 2 is 2.36 bits per heavy atom. The Morgan fingerprint density at radius 3 is 3.08 bits per heavy atom. The number of hydrogen-bond acceptors (Lipinski definition) is 6. The van der Waals surface area contributed by atoms with E-state index in [1.807, 2.05) is 38.2 Å². The number of nitrogens with zero attached hydrogens (tertiary/aromatic N) is 4. The zero-order valence-corrected chi connectivity index (χ0v) is 14.8. The first-order valence-corrected chi connectivity index (χ1v) is 8.69. The van der Waals surface area contributed by atoms with Crippen LogP contribution in [0.15, 0.2) is 41.1 Å². The van der Waals surface area contributed by atoms with E-state index in [0.717, 1.165) is 37.5 Å². The zero-order chi connectivity index (χ0) is 17.6. The third-order valence-electron chi connectivity index (χ3n) is 4.51. The van der Waals surface area contributed by atoms with Crippen molar-refractivity contribution in [3.63, 3.8) is 0 Å². The maximum absolute atomic E-state index is 12.3. The molecule has 1 saturated heterocycles. The van der Waals surface area contributed by atoms with Gasteiger partial charge in [0.05, 0.1) is 18.8 Å². The highest BCUT2D eigenvalue weighted by molar-refractivity contribution is 5.78. The summed E-state index contributed by atoms with van der Waals surface area (Å²) in [7, 11) is 1.98. The number of aromatic nitrogens is 2. The third kappa shape index (κ3) is 4.57. The Balaban J connectivity index is 1.50. The minimum Gasteiger partial charge on any atom is -0.467 e. The highest BCUT2D eigenvalue weighted by Gasteiger charge is 2.27. The van der Waals surface area contributed by atoms with Gasteiger partial charge in [-0.15, -0.1) is 5.10 Å². The van der Waals surface area contributed by atoms with Gasteiger partial charge in [0.1, 0.15) is 5.76 Å². The smallest absolute Gasteiger partial charge is 0.234 e. The molecule has 1 aliphatic heterocycles. The zero-order valence-electron chi connectivity index (χ0n) is 14.8. The van der Waals surface area contributed by atoms with Crippen LogP contribution in [0.5, 0.6) is 0 Å². The molecule has 0 aromatic carbocycles. The van der Waals surface area contributed by atoms with Gasteiger partial charge in [0.15, 0.2) is 5.82 Å². The number of carbonyl (C=O) groups is 1. The van der Waals surface area contributed by atoms with Crippen molar-refractivity contribution in [2.24, 2.45) is 0 Å². The van der Waals surface area contributed by atoms with Crippen LogP contribution in [0.3, 0.4) is 0 Å². The molecule has 2 aromatic rings. The Morgan fingerprint density at radius 1 is 1.48 bits per heavy atom. The van der Waals surface area contributed by atoms with Crippen LogP contribution in [0, 0.1) is 0 Å². The normalized spacial score (nSPS) is 18.5. The Kier molecular flexibility index (Phi) is 5.65. The molecule has 134 valence electrons. The summed E-state index contributed by atoms with van der Waals surface area (Å²) in [4.78, 5) is 16.6. The first kappa shape index (κ1) is 17.4. The Labute approximate surface area is 148 Å². The van der Waals surface area contributed by atoms with E-state index in [1.165, 1.54) is 0 Å². The second kappa shape index (κ2) is 8.11. The van der Waals surface area contributed by atoms with E-state index in [1.54, 1.807) is 12.5 Å². The predicted octanol–water partition coefficient (Wildman–Crippen LogP) is 1.85. The van der Waals surface area contributed by atoms with Crippen molar-refractivity contribution in [1.82, 2.24) is 20.4 Å². The number of rotatable bonds is 7. The van der Waals surface area contributed by atoms with Gasteiger partial charge in [-0.25, -0.2) is 0 Å². The van der Waals surface area contributed by atoms with E-state index in [9.17, 15) is 4.79 Å². The maximum atomic E-state index is 12.3. The average molecular weight is 343 g/mol. The summed E-state index contributed by atoms with van der Waals surface area (Å²) in [5.74, 6) is 1.67. The SMILES string of the molecule is CC(NC(=O)CN(C)CC1CCCN1c1cccnn1)c1ccco1. The van der Waals surface area contributed by atoms with E-state index in [2.05, 4.69) is 25.3 Å². The summed E-state index contributed by atoms with van der Waals surface area (Å²) >= 11 is 0. The van der Waals surface area contributed by atoms with Crippen LogP contribution in [0.2, 0.25) is 0 Å². The molecule has 2 aromatic heterocycles. The summed E-state index contributed by atoms with van der Waals surface area (Å²) in [6.07, 6.45) is 5.54. The molecule has 0 spiro atoms. The summed E-state index contributed by atoms with van der Waals surface area (Å²) < 4.78 is 5.32. The molecule has 2 atom stereocenters. The molecule has 1 aliphatic rings. The van der Waals surface area contributed by atoms with Crippen molar-refractivity contribution in [2.75, 3.05) is 31.6 Å². The molecular formula is C18H25N5O2. The van der Waals surface area contributed by atoms with Gasteiger partial charge in [-0.1, -0.05) is 0 Å². The van der Waals surface area contributed by atoms with E-state index in [0.29, 0.717) is 12.6 Å². The number of nitrogens with one attached hydrogen (secondary N) is 1. The fraction of sp³-hybridized carbons (Fsp3) is 0.500.